The third-order valence-corrected chi connectivity index (χ3v) is 4.92. The highest BCUT2D eigenvalue weighted by atomic mass is 32.1. The van der Waals surface area contributed by atoms with Gasteiger partial charge in [0.2, 0.25) is 5.91 Å². The van der Waals surface area contributed by atoms with Crippen LogP contribution in [0.15, 0.2) is 29.6 Å². The van der Waals surface area contributed by atoms with Crippen molar-refractivity contribution < 1.29 is 4.79 Å². The van der Waals surface area contributed by atoms with Crippen molar-refractivity contribution in [3.05, 3.63) is 46.5 Å². The van der Waals surface area contributed by atoms with Gasteiger partial charge < -0.3 is 10.6 Å². The van der Waals surface area contributed by atoms with Crippen molar-refractivity contribution in [1.82, 2.24) is 10.3 Å². The number of anilines is 1. The van der Waals surface area contributed by atoms with Crippen molar-refractivity contribution >= 4 is 22.4 Å². The van der Waals surface area contributed by atoms with Gasteiger partial charge in [0.25, 0.3) is 0 Å². The molecule has 4 rings (SSSR count). The van der Waals surface area contributed by atoms with Gasteiger partial charge in [-0.25, -0.2) is 4.98 Å². The molecule has 1 aromatic heterocycles. The summed E-state index contributed by atoms with van der Waals surface area (Å²) >= 11 is 1.52. The van der Waals surface area contributed by atoms with Gasteiger partial charge in [0.1, 0.15) is 0 Å². The van der Waals surface area contributed by atoms with E-state index in [-0.39, 0.29) is 11.9 Å². The Morgan fingerprint density at radius 1 is 1.29 bits per heavy atom. The van der Waals surface area contributed by atoms with Crippen LogP contribution in [0.25, 0.3) is 0 Å². The number of hydrogen-bond acceptors (Lipinski definition) is 4. The van der Waals surface area contributed by atoms with Gasteiger partial charge in [-0.05, 0) is 30.4 Å². The predicted molar refractivity (Wildman–Crippen MR) is 83.5 cm³/mol. The van der Waals surface area contributed by atoms with Gasteiger partial charge in [-0.2, -0.15) is 0 Å². The zero-order valence-corrected chi connectivity index (χ0v) is 12.5. The molecule has 4 nitrogen and oxygen atoms in total. The number of nitrogens with zero attached hydrogens (tertiary/aromatic N) is 1. The molecule has 1 aliphatic carbocycles. The van der Waals surface area contributed by atoms with Crippen LogP contribution >= 0.6 is 11.3 Å². The van der Waals surface area contributed by atoms with Crippen LogP contribution in [0.1, 0.15) is 35.6 Å². The van der Waals surface area contributed by atoms with Crippen molar-refractivity contribution in [2.45, 2.75) is 37.8 Å². The Morgan fingerprint density at radius 3 is 2.90 bits per heavy atom. The fourth-order valence-corrected chi connectivity index (χ4v) is 3.54. The van der Waals surface area contributed by atoms with E-state index in [0.717, 1.165) is 23.8 Å². The summed E-state index contributed by atoms with van der Waals surface area (Å²) in [6.45, 7) is 0.749. The molecule has 1 saturated carbocycles. The van der Waals surface area contributed by atoms with E-state index in [1.165, 1.54) is 35.3 Å². The number of fused-ring (bicyclic) bond motifs is 1. The van der Waals surface area contributed by atoms with E-state index in [2.05, 4.69) is 33.1 Å². The summed E-state index contributed by atoms with van der Waals surface area (Å²) in [5.74, 6) is 0.646. The quantitative estimate of drug-likeness (QED) is 0.916. The Hall–Kier alpha value is -1.72. The zero-order valence-electron chi connectivity index (χ0n) is 11.6. The molecule has 1 fully saturated rings. The second kappa shape index (κ2) is 5.24. The highest BCUT2D eigenvalue weighted by molar-refractivity contribution is 7.13. The lowest BCUT2D eigenvalue weighted by Gasteiger charge is -2.24. The first-order valence-electron chi connectivity index (χ1n) is 7.36. The van der Waals surface area contributed by atoms with Gasteiger partial charge in [-0.15, -0.1) is 11.3 Å². The van der Waals surface area contributed by atoms with E-state index in [0.29, 0.717) is 5.92 Å². The van der Waals surface area contributed by atoms with E-state index >= 15 is 0 Å². The van der Waals surface area contributed by atoms with Crippen LogP contribution in [-0.2, 0) is 17.8 Å². The molecule has 0 saturated heterocycles. The molecule has 1 atom stereocenters. The smallest absolute Gasteiger partial charge is 0.243 e. The molecule has 0 unspecified atom stereocenters. The predicted octanol–water partition coefficient (Wildman–Crippen LogP) is 2.67. The molecule has 2 N–H and O–H groups in total. The number of thiazole rings is 1. The fraction of sp³-hybridized carbons (Fsp3) is 0.375. The van der Waals surface area contributed by atoms with Gasteiger partial charge in [0.05, 0.1) is 11.7 Å². The van der Waals surface area contributed by atoms with Crippen LogP contribution in [-0.4, -0.2) is 16.9 Å². The molecule has 1 aliphatic heterocycles. The average Bonchev–Trinajstić information content (AvgIpc) is 3.27. The maximum absolute atomic E-state index is 12.4. The average molecular weight is 299 g/mol. The summed E-state index contributed by atoms with van der Waals surface area (Å²) < 4.78 is 0. The Balaban J connectivity index is 1.43. The monoisotopic (exact) mass is 299 g/mol. The summed E-state index contributed by atoms with van der Waals surface area (Å²) in [5.41, 5.74) is 3.68. The Kier molecular flexibility index (Phi) is 3.24. The molecule has 0 bridgehead atoms. The molecule has 0 spiro atoms. The fourth-order valence-electron chi connectivity index (χ4n) is 2.74. The van der Waals surface area contributed by atoms with E-state index in [1.54, 1.807) is 0 Å². The van der Waals surface area contributed by atoms with Crippen molar-refractivity contribution in [3.63, 3.8) is 0 Å². The number of carbonyl (C=O) groups is 1. The first-order chi connectivity index (χ1) is 10.3. The second-order valence-electron chi connectivity index (χ2n) is 5.75. The number of rotatable bonds is 3. The Bertz CT molecular complexity index is 678. The van der Waals surface area contributed by atoms with Crippen molar-refractivity contribution in [2.24, 2.45) is 0 Å². The molecule has 1 amide bonds. The van der Waals surface area contributed by atoms with Gasteiger partial charge in [0, 0.05) is 17.8 Å². The van der Waals surface area contributed by atoms with Gasteiger partial charge in [-0.1, -0.05) is 24.3 Å². The lowest BCUT2D eigenvalue weighted by atomic mass is 9.95. The largest absolute Gasteiger partial charge is 0.301 e. The number of aromatic nitrogens is 1. The minimum atomic E-state index is -0.173. The number of benzene rings is 1. The summed E-state index contributed by atoms with van der Waals surface area (Å²) in [6.07, 6.45) is 3.21. The van der Waals surface area contributed by atoms with Gasteiger partial charge in [0.15, 0.2) is 5.13 Å². The first kappa shape index (κ1) is 13.0. The number of nitrogens with one attached hydrogen (secondary N) is 2. The van der Waals surface area contributed by atoms with Crippen LogP contribution in [0.5, 0.6) is 0 Å². The summed E-state index contributed by atoms with van der Waals surface area (Å²) in [7, 11) is 0. The minimum absolute atomic E-state index is 0.0150. The summed E-state index contributed by atoms with van der Waals surface area (Å²) in [5, 5.41) is 9.04. The molecule has 21 heavy (non-hydrogen) atoms. The minimum Gasteiger partial charge on any atom is -0.301 e. The van der Waals surface area contributed by atoms with Crippen molar-refractivity contribution in [1.29, 1.82) is 0 Å². The van der Waals surface area contributed by atoms with E-state index in [1.807, 2.05) is 12.1 Å². The van der Waals surface area contributed by atoms with Crippen LogP contribution in [0.3, 0.4) is 0 Å². The van der Waals surface area contributed by atoms with E-state index in [4.69, 9.17) is 0 Å². The van der Waals surface area contributed by atoms with Crippen LogP contribution in [0.2, 0.25) is 0 Å². The van der Waals surface area contributed by atoms with Crippen LogP contribution < -0.4 is 10.6 Å². The standard InChI is InChI=1S/C16H17N3OS/c20-15(19-16-18-14(9-21-16)10-5-6-10)13-7-11-3-1-2-4-12(11)8-17-13/h1-4,9-10,13,17H,5-8H2,(H,18,19,20)/t13-/m0/s1. The molecule has 5 heteroatoms. The third-order valence-electron chi connectivity index (χ3n) is 4.15. The topological polar surface area (TPSA) is 54.0 Å². The SMILES string of the molecule is O=C(Nc1nc(C2CC2)cs1)[C@@H]1Cc2ccccc2CN1. The number of amides is 1. The Morgan fingerprint density at radius 2 is 2.10 bits per heavy atom. The zero-order chi connectivity index (χ0) is 14.2. The normalized spacial score (nSPS) is 20.9. The summed E-state index contributed by atoms with van der Waals surface area (Å²) in [6, 6.07) is 8.11. The molecular formula is C16H17N3OS. The highest BCUT2D eigenvalue weighted by Gasteiger charge is 2.27. The van der Waals surface area contributed by atoms with Crippen molar-refractivity contribution in [3.8, 4) is 0 Å². The van der Waals surface area contributed by atoms with E-state index in [9.17, 15) is 4.79 Å². The lowest BCUT2D eigenvalue weighted by molar-refractivity contribution is -0.118. The summed E-state index contributed by atoms with van der Waals surface area (Å²) in [4.78, 5) is 16.9. The molecule has 2 aromatic rings. The molecule has 2 aliphatic rings. The molecule has 0 radical (unpaired) electrons. The van der Waals surface area contributed by atoms with Crippen molar-refractivity contribution in [2.75, 3.05) is 5.32 Å². The van der Waals surface area contributed by atoms with Crippen LogP contribution in [0, 0.1) is 0 Å². The van der Waals surface area contributed by atoms with Crippen LogP contribution in [0.4, 0.5) is 5.13 Å². The lowest BCUT2D eigenvalue weighted by Crippen LogP contribution is -2.44. The van der Waals surface area contributed by atoms with Gasteiger partial charge >= 0.3 is 0 Å². The van der Waals surface area contributed by atoms with E-state index < -0.39 is 0 Å². The number of hydrogen-bond donors (Lipinski definition) is 2. The molecular weight excluding hydrogens is 282 g/mol. The maximum atomic E-state index is 12.4. The third kappa shape index (κ3) is 2.71. The second-order valence-corrected chi connectivity index (χ2v) is 6.61. The highest BCUT2D eigenvalue weighted by Crippen LogP contribution is 2.40. The maximum Gasteiger partial charge on any atom is 0.243 e. The molecule has 1 aromatic carbocycles. The molecule has 108 valence electrons. The molecule has 2 heterocycles. The number of carbonyl (C=O) groups excluding carboxylic acids is 1. The Labute approximate surface area is 127 Å². The van der Waals surface area contributed by atoms with Gasteiger partial charge in [-0.3, -0.25) is 4.79 Å². The first-order valence-corrected chi connectivity index (χ1v) is 8.24.